The summed E-state index contributed by atoms with van der Waals surface area (Å²) in [4.78, 5) is 19.1. The number of H-pyrrole nitrogens is 1. The Kier molecular flexibility index (Phi) is 4.50. The molecule has 1 fully saturated rings. The molecule has 1 aliphatic heterocycles. The van der Waals surface area contributed by atoms with Gasteiger partial charge in [-0.2, -0.15) is 5.10 Å². The van der Waals surface area contributed by atoms with E-state index >= 15 is 0 Å². The average molecular weight is 347 g/mol. The van der Waals surface area contributed by atoms with Crippen LogP contribution in [0.4, 0.5) is 0 Å². The topological polar surface area (TPSA) is 87.9 Å². The van der Waals surface area contributed by atoms with E-state index in [9.17, 15) is 4.79 Å². The third kappa shape index (κ3) is 2.99. The fourth-order valence-electron chi connectivity index (χ4n) is 3.71. The first-order chi connectivity index (χ1) is 12.8. The first kappa shape index (κ1) is 16.5. The standard InChI is InChI=1S/C20H21N5O/c21-10-16-12-25(13-18(16)14-4-2-1-3-5-14)20(26)17-11-23-24-19(17)15-6-8-22-9-7-15/h1-9,11,16,18H,10,12-13,21H2,(H,23,24)/t16-,18+/m1/s1. The Morgan fingerprint density at radius 3 is 2.65 bits per heavy atom. The Bertz CT molecular complexity index is 877. The van der Waals surface area contributed by atoms with E-state index in [-0.39, 0.29) is 17.7 Å². The van der Waals surface area contributed by atoms with Gasteiger partial charge in [0, 0.05) is 37.0 Å². The lowest BCUT2D eigenvalue weighted by molar-refractivity contribution is 0.0787. The molecule has 0 radical (unpaired) electrons. The van der Waals surface area contributed by atoms with E-state index in [1.807, 2.05) is 35.2 Å². The zero-order valence-corrected chi connectivity index (χ0v) is 14.4. The fourth-order valence-corrected chi connectivity index (χ4v) is 3.71. The second kappa shape index (κ2) is 7.09. The number of benzene rings is 1. The van der Waals surface area contributed by atoms with Gasteiger partial charge >= 0.3 is 0 Å². The van der Waals surface area contributed by atoms with Crippen LogP contribution in [0.25, 0.3) is 11.3 Å². The number of hydrogen-bond acceptors (Lipinski definition) is 4. The summed E-state index contributed by atoms with van der Waals surface area (Å²) in [6.45, 7) is 1.90. The van der Waals surface area contributed by atoms with Crippen LogP contribution in [0.3, 0.4) is 0 Å². The summed E-state index contributed by atoms with van der Waals surface area (Å²) in [6.07, 6.45) is 5.01. The normalized spacial score (nSPS) is 19.7. The number of carbonyl (C=O) groups is 1. The Balaban J connectivity index is 1.59. The van der Waals surface area contributed by atoms with Crippen LogP contribution in [0.5, 0.6) is 0 Å². The SMILES string of the molecule is NC[C@@H]1CN(C(=O)c2cn[nH]c2-c2ccncc2)C[C@H]1c1ccccc1. The van der Waals surface area contributed by atoms with Crippen molar-refractivity contribution in [3.63, 3.8) is 0 Å². The number of amides is 1. The lowest BCUT2D eigenvalue weighted by atomic mass is 9.89. The van der Waals surface area contributed by atoms with Crippen molar-refractivity contribution in [1.82, 2.24) is 20.1 Å². The number of nitrogens with zero attached hydrogens (tertiary/aromatic N) is 3. The van der Waals surface area contributed by atoms with Gasteiger partial charge in [-0.05, 0) is 30.2 Å². The highest BCUT2D eigenvalue weighted by Crippen LogP contribution is 2.33. The first-order valence-electron chi connectivity index (χ1n) is 8.76. The average Bonchev–Trinajstić information content (AvgIpc) is 3.36. The van der Waals surface area contributed by atoms with E-state index in [4.69, 9.17) is 5.73 Å². The van der Waals surface area contributed by atoms with Crippen LogP contribution >= 0.6 is 0 Å². The van der Waals surface area contributed by atoms with Crippen molar-refractivity contribution in [2.45, 2.75) is 5.92 Å². The van der Waals surface area contributed by atoms with Crippen LogP contribution < -0.4 is 5.73 Å². The molecule has 0 unspecified atom stereocenters. The number of rotatable bonds is 4. The van der Waals surface area contributed by atoms with Crippen molar-refractivity contribution in [2.24, 2.45) is 11.7 Å². The number of nitrogens with one attached hydrogen (secondary N) is 1. The lowest BCUT2D eigenvalue weighted by Gasteiger charge is -2.17. The molecule has 3 N–H and O–H groups in total. The highest BCUT2D eigenvalue weighted by atomic mass is 16.2. The van der Waals surface area contributed by atoms with Gasteiger partial charge in [-0.25, -0.2) is 0 Å². The molecule has 0 bridgehead atoms. The summed E-state index contributed by atoms with van der Waals surface area (Å²) in [5.41, 5.74) is 9.44. The minimum atomic E-state index is -0.0116. The second-order valence-electron chi connectivity index (χ2n) is 6.62. The maximum atomic E-state index is 13.2. The smallest absolute Gasteiger partial charge is 0.257 e. The molecule has 1 saturated heterocycles. The van der Waals surface area contributed by atoms with Crippen molar-refractivity contribution in [1.29, 1.82) is 0 Å². The Morgan fingerprint density at radius 2 is 1.92 bits per heavy atom. The summed E-state index contributed by atoms with van der Waals surface area (Å²) in [7, 11) is 0. The molecule has 6 heteroatoms. The molecule has 0 aliphatic carbocycles. The van der Waals surface area contributed by atoms with E-state index < -0.39 is 0 Å². The van der Waals surface area contributed by atoms with Gasteiger partial charge in [-0.3, -0.25) is 14.9 Å². The molecule has 4 rings (SSSR count). The van der Waals surface area contributed by atoms with Gasteiger partial charge in [0.2, 0.25) is 0 Å². The minimum absolute atomic E-state index is 0.0116. The minimum Gasteiger partial charge on any atom is -0.338 e. The van der Waals surface area contributed by atoms with Crippen molar-refractivity contribution in [3.8, 4) is 11.3 Å². The van der Waals surface area contributed by atoms with E-state index in [2.05, 4.69) is 27.3 Å². The molecule has 1 aromatic carbocycles. The van der Waals surface area contributed by atoms with Gasteiger partial charge in [-0.15, -0.1) is 0 Å². The van der Waals surface area contributed by atoms with Crippen molar-refractivity contribution >= 4 is 5.91 Å². The van der Waals surface area contributed by atoms with Gasteiger partial charge in [0.25, 0.3) is 5.91 Å². The molecule has 2 aromatic heterocycles. The van der Waals surface area contributed by atoms with Gasteiger partial charge in [0.15, 0.2) is 0 Å². The summed E-state index contributed by atoms with van der Waals surface area (Å²) >= 11 is 0. The molecular formula is C20H21N5O. The van der Waals surface area contributed by atoms with E-state index in [0.29, 0.717) is 25.2 Å². The molecule has 132 valence electrons. The molecule has 1 amide bonds. The largest absolute Gasteiger partial charge is 0.338 e. The lowest BCUT2D eigenvalue weighted by Crippen LogP contribution is -2.30. The van der Waals surface area contributed by atoms with Crippen LogP contribution in [0.15, 0.2) is 61.1 Å². The summed E-state index contributed by atoms with van der Waals surface area (Å²) < 4.78 is 0. The Morgan fingerprint density at radius 1 is 1.15 bits per heavy atom. The molecule has 1 aliphatic rings. The third-order valence-electron chi connectivity index (χ3n) is 5.10. The second-order valence-corrected chi connectivity index (χ2v) is 6.62. The number of aromatic nitrogens is 3. The van der Waals surface area contributed by atoms with Crippen LogP contribution in [-0.4, -0.2) is 45.6 Å². The number of hydrogen-bond donors (Lipinski definition) is 2. The van der Waals surface area contributed by atoms with Gasteiger partial charge < -0.3 is 10.6 Å². The van der Waals surface area contributed by atoms with Gasteiger partial charge in [0.05, 0.1) is 17.5 Å². The van der Waals surface area contributed by atoms with Gasteiger partial charge in [-0.1, -0.05) is 30.3 Å². The number of carbonyl (C=O) groups excluding carboxylic acids is 1. The van der Waals surface area contributed by atoms with Crippen LogP contribution in [0.1, 0.15) is 21.8 Å². The highest BCUT2D eigenvalue weighted by Gasteiger charge is 2.36. The van der Waals surface area contributed by atoms with E-state index in [0.717, 1.165) is 11.3 Å². The van der Waals surface area contributed by atoms with Crippen molar-refractivity contribution in [3.05, 3.63) is 72.2 Å². The van der Waals surface area contributed by atoms with Crippen LogP contribution in [0, 0.1) is 5.92 Å². The number of aromatic amines is 1. The predicted octanol–water partition coefficient (Wildman–Crippen LogP) is 2.29. The molecule has 2 atom stereocenters. The first-order valence-corrected chi connectivity index (χ1v) is 8.76. The maximum Gasteiger partial charge on any atom is 0.257 e. The monoisotopic (exact) mass is 347 g/mol. The molecular weight excluding hydrogens is 326 g/mol. The Labute approximate surface area is 152 Å². The molecule has 6 nitrogen and oxygen atoms in total. The van der Waals surface area contributed by atoms with Gasteiger partial charge in [0.1, 0.15) is 0 Å². The molecule has 0 spiro atoms. The number of likely N-dealkylation sites (tertiary alicyclic amines) is 1. The van der Waals surface area contributed by atoms with Crippen molar-refractivity contribution < 1.29 is 4.79 Å². The zero-order valence-electron chi connectivity index (χ0n) is 14.4. The van der Waals surface area contributed by atoms with Crippen molar-refractivity contribution in [2.75, 3.05) is 19.6 Å². The molecule has 26 heavy (non-hydrogen) atoms. The maximum absolute atomic E-state index is 13.2. The number of nitrogens with two attached hydrogens (primary N) is 1. The fraction of sp³-hybridized carbons (Fsp3) is 0.250. The highest BCUT2D eigenvalue weighted by molar-refractivity contribution is 5.99. The quantitative estimate of drug-likeness (QED) is 0.758. The number of pyridine rings is 1. The summed E-state index contributed by atoms with van der Waals surface area (Å²) in [5, 5.41) is 7.03. The van der Waals surface area contributed by atoms with Crippen LogP contribution in [0.2, 0.25) is 0 Å². The summed E-state index contributed by atoms with van der Waals surface area (Å²) in [6, 6.07) is 14.0. The van der Waals surface area contributed by atoms with E-state index in [1.165, 1.54) is 5.56 Å². The predicted molar refractivity (Wildman–Crippen MR) is 99.4 cm³/mol. The summed E-state index contributed by atoms with van der Waals surface area (Å²) in [5.74, 6) is 0.515. The van der Waals surface area contributed by atoms with E-state index in [1.54, 1.807) is 18.6 Å². The molecule has 3 heterocycles. The molecule has 3 aromatic rings. The van der Waals surface area contributed by atoms with Crippen LogP contribution in [-0.2, 0) is 0 Å². The zero-order chi connectivity index (χ0) is 17.9. The molecule has 0 saturated carbocycles. The third-order valence-corrected chi connectivity index (χ3v) is 5.10. The Hall–Kier alpha value is -2.99.